The van der Waals surface area contributed by atoms with E-state index in [1.54, 1.807) is 0 Å². The predicted molar refractivity (Wildman–Crippen MR) is 71.2 cm³/mol. The van der Waals surface area contributed by atoms with E-state index >= 15 is 0 Å². The highest BCUT2D eigenvalue weighted by atomic mass is 15.3. The van der Waals surface area contributed by atoms with Crippen molar-refractivity contribution in [2.45, 2.75) is 26.3 Å². The van der Waals surface area contributed by atoms with Crippen LogP contribution in [-0.4, -0.2) is 26.1 Å². The molecular formula is C13H21N5. The number of nitrogens with one attached hydrogen (secondary N) is 1. The van der Waals surface area contributed by atoms with E-state index in [2.05, 4.69) is 34.6 Å². The summed E-state index contributed by atoms with van der Waals surface area (Å²) >= 11 is 0. The van der Waals surface area contributed by atoms with E-state index in [0.717, 1.165) is 31.6 Å². The SMILES string of the molecule is CCc1cc(CNCCc2ccnn2C)n(C)n1. The lowest BCUT2D eigenvalue weighted by Crippen LogP contribution is -2.19. The highest BCUT2D eigenvalue weighted by Crippen LogP contribution is 2.03. The average molecular weight is 247 g/mol. The lowest BCUT2D eigenvalue weighted by Gasteiger charge is -2.05. The number of rotatable bonds is 6. The van der Waals surface area contributed by atoms with Gasteiger partial charge in [0, 0.05) is 45.5 Å². The van der Waals surface area contributed by atoms with Gasteiger partial charge in [-0.25, -0.2) is 0 Å². The number of aryl methyl sites for hydroxylation is 3. The van der Waals surface area contributed by atoms with Crippen LogP contribution >= 0.6 is 0 Å². The first kappa shape index (κ1) is 12.8. The first-order valence-corrected chi connectivity index (χ1v) is 6.40. The van der Waals surface area contributed by atoms with Crippen molar-refractivity contribution in [3.63, 3.8) is 0 Å². The van der Waals surface area contributed by atoms with Crippen LogP contribution < -0.4 is 5.32 Å². The zero-order valence-corrected chi connectivity index (χ0v) is 11.3. The molecule has 0 radical (unpaired) electrons. The maximum absolute atomic E-state index is 4.43. The molecule has 2 heterocycles. The van der Waals surface area contributed by atoms with Crippen molar-refractivity contribution >= 4 is 0 Å². The first-order valence-electron chi connectivity index (χ1n) is 6.40. The van der Waals surface area contributed by atoms with E-state index in [1.165, 1.54) is 11.4 Å². The molecule has 0 saturated heterocycles. The van der Waals surface area contributed by atoms with Gasteiger partial charge in [0.15, 0.2) is 0 Å². The van der Waals surface area contributed by atoms with E-state index in [4.69, 9.17) is 0 Å². The minimum atomic E-state index is 0.862. The van der Waals surface area contributed by atoms with E-state index in [-0.39, 0.29) is 0 Å². The van der Waals surface area contributed by atoms with Gasteiger partial charge in [-0.3, -0.25) is 9.36 Å². The minimum absolute atomic E-state index is 0.862. The molecule has 0 spiro atoms. The van der Waals surface area contributed by atoms with Gasteiger partial charge in [0.25, 0.3) is 0 Å². The first-order chi connectivity index (χ1) is 8.70. The van der Waals surface area contributed by atoms with E-state index in [9.17, 15) is 0 Å². The zero-order chi connectivity index (χ0) is 13.0. The Balaban J connectivity index is 1.78. The maximum Gasteiger partial charge on any atom is 0.0625 e. The number of aromatic nitrogens is 4. The smallest absolute Gasteiger partial charge is 0.0625 e. The molecule has 98 valence electrons. The largest absolute Gasteiger partial charge is 0.311 e. The second-order valence-corrected chi connectivity index (χ2v) is 4.48. The molecule has 2 rings (SSSR count). The van der Waals surface area contributed by atoms with Crippen LogP contribution in [0.15, 0.2) is 18.3 Å². The van der Waals surface area contributed by atoms with Gasteiger partial charge in [-0.1, -0.05) is 6.92 Å². The molecular weight excluding hydrogens is 226 g/mol. The molecule has 2 aromatic rings. The van der Waals surface area contributed by atoms with Gasteiger partial charge in [0.2, 0.25) is 0 Å². The minimum Gasteiger partial charge on any atom is -0.311 e. The summed E-state index contributed by atoms with van der Waals surface area (Å²) in [5.41, 5.74) is 3.64. The quantitative estimate of drug-likeness (QED) is 0.776. The Labute approximate surface area is 108 Å². The van der Waals surface area contributed by atoms with Crippen molar-refractivity contribution in [1.82, 2.24) is 24.9 Å². The van der Waals surface area contributed by atoms with Gasteiger partial charge in [-0.15, -0.1) is 0 Å². The zero-order valence-electron chi connectivity index (χ0n) is 11.3. The van der Waals surface area contributed by atoms with Crippen molar-refractivity contribution in [3.05, 3.63) is 35.4 Å². The summed E-state index contributed by atoms with van der Waals surface area (Å²) in [6, 6.07) is 4.22. The molecule has 0 saturated carbocycles. The fourth-order valence-electron chi connectivity index (χ4n) is 1.99. The van der Waals surface area contributed by atoms with Crippen molar-refractivity contribution in [1.29, 1.82) is 0 Å². The predicted octanol–water partition coefficient (Wildman–Crippen LogP) is 1.05. The Bertz CT molecular complexity index is 497. The van der Waals surface area contributed by atoms with Crippen LogP contribution in [0.2, 0.25) is 0 Å². The normalized spacial score (nSPS) is 11.1. The molecule has 0 unspecified atom stereocenters. The molecule has 0 aliphatic rings. The van der Waals surface area contributed by atoms with Crippen LogP contribution in [0.4, 0.5) is 0 Å². The Morgan fingerprint density at radius 1 is 1.22 bits per heavy atom. The van der Waals surface area contributed by atoms with Crippen LogP contribution in [0.3, 0.4) is 0 Å². The Hall–Kier alpha value is -1.62. The number of nitrogens with zero attached hydrogens (tertiary/aromatic N) is 4. The molecule has 0 atom stereocenters. The molecule has 0 bridgehead atoms. The molecule has 0 aromatic carbocycles. The third-order valence-corrected chi connectivity index (χ3v) is 3.18. The Morgan fingerprint density at radius 3 is 2.67 bits per heavy atom. The van der Waals surface area contributed by atoms with Crippen molar-refractivity contribution in [2.24, 2.45) is 14.1 Å². The van der Waals surface area contributed by atoms with E-state index < -0.39 is 0 Å². The van der Waals surface area contributed by atoms with Crippen molar-refractivity contribution in [3.8, 4) is 0 Å². The highest BCUT2D eigenvalue weighted by molar-refractivity contribution is 5.10. The van der Waals surface area contributed by atoms with E-state index in [0.29, 0.717) is 0 Å². The van der Waals surface area contributed by atoms with Gasteiger partial charge in [0.1, 0.15) is 0 Å². The summed E-state index contributed by atoms with van der Waals surface area (Å²) in [7, 11) is 3.97. The average Bonchev–Trinajstić information content (AvgIpc) is 2.92. The van der Waals surface area contributed by atoms with Gasteiger partial charge in [0.05, 0.1) is 11.4 Å². The number of hydrogen-bond acceptors (Lipinski definition) is 3. The summed E-state index contributed by atoms with van der Waals surface area (Å²) in [5.74, 6) is 0. The molecule has 0 aliphatic carbocycles. The van der Waals surface area contributed by atoms with Crippen LogP contribution in [-0.2, 0) is 33.5 Å². The maximum atomic E-state index is 4.43. The van der Waals surface area contributed by atoms with Crippen LogP contribution in [0.1, 0.15) is 24.0 Å². The molecule has 0 fully saturated rings. The van der Waals surface area contributed by atoms with Gasteiger partial charge in [-0.2, -0.15) is 10.2 Å². The summed E-state index contributed by atoms with van der Waals surface area (Å²) in [4.78, 5) is 0. The van der Waals surface area contributed by atoms with Crippen molar-refractivity contribution < 1.29 is 0 Å². The highest BCUT2D eigenvalue weighted by Gasteiger charge is 2.03. The molecule has 0 aliphatic heterocycles. The van der Waals surface area contributed by atoms with Crippen LogP contribution in [0.5, 0.6) is 0 Å². The van der Waals surface area contributed by atoms with Gasteiger partial charge < -0.3 is 5.32 Å². The summed E-state index contributed by atoms with van der Waals surface area (Å²) in [6.45, 7) is 3.94. The summed E-state index contributed by atoms with van der Waals surface area (Å²) < 4.78 is 3.87. The lowest BCUT2D eigenvalue weighted by molar-refractivity contribution is 0.607. The molecule has 1 N–H and O–H groups in total. The van der Waals surface area contributed by atoms with Crippen LogP contribution in [0.25, 0.3) is 0 Å². The van der Waals surface area contributed by atoms with Gasteiger partial charge in [-0.05, 0) is 18.6 Å². The fourth-order valence-corrected chi connectivity index (χ4v) is 1.99. The topological polar surface area (TPSA) is 47.7 Å². The number of hydrogen-bond donors (Lipinski definition) is 1. The third-order valence-electron chi connectivity index (χ3n) is 3.18. The van der Waals surface area contributed by atoms with Crippen molar-refractivity contribution in [2.75, 3.05) is 6.54 Å². The fraction of sp³-hybridized carbons (Fsp3) is 0.538. The summed E-state index contributed by atoms with van der Waals surface area (Å²) in [5, 5.41) is 12.0. The third kappa shape index (κ3) is 2.98. The molecule has 18 heavy (non-hydrogen) atoms. The summed E-state index contributed by atoms with van der Waals surface area (Å²) in [6.07, 6.45) is 3.82. The molecule has 2 aromatic heterocycles. The molecule has 5 heteroatoms. The molecule has 5 nitrogen and oxygen atoms in total. The Morgan fingerprint density at radius 2 is 2.06 bits per heavy atom. The second-order valence-electron chi connectivity index (χ2n) is 4.48. The Kier molecular flexibility index (Phi) is 4.15. The standard InChI is InChI=1S/C13H21N5/c1-4-11-9-13(18(3)16-11)10-14-7-5-12-6-8-15-17(12)2/h6,8-9,14H,4-5,7,10H2,1-3H3. The monoisotopic (exact) mass is 247 g/mol. The molecule has 0 amide bonds. The lowest BCUT2D eigenvalue weighted by atomic mass is 10.3. The van der Waals surface area contributed by atoms with Gasteiger partial charge >= 0.3 is 0 Å². The second kappa shape index (κ2) is 5.82. The van der Waals surface area contributed by atoms with E-state index in [1.807, 2.05) is 29.7 Å². The van der Waals surface area contributed by atoms with Crippen LogP contribution in [0, 0.1) is 0 Å².